The maximum absolute atomic E-state index is 13.6. The second kappa shape index (κ2) is 8.32. The number of benzene rings is 1. The number of para-hydroxylation sites is 1. The van der Waals surface area contributed by atoms with Crippen LogP contribution in [0.2, 0.25) is 5.02 Å². The molecule has 0 radical (unpaired) electrons. The van der Waals surface area contributed by atoms with E-state index < -0.39 is 41.0 Å². The molecule has 2 bridgehead atoms. The largest absolute Gasteiger partial charge is 0.466 e. The molecule has 1 aromatic carbocycles. The second-order valence-corrected chi connectivity index (χ2v) is 9.44. The van der Waals surface area contributed by atoms with Crippen molar-refractivity contribution in [3.63, 3.8) is 0 Å². The highest BCUT2D eigenvalue weighted by molar-refractivity contribution is 6.33. The molecule has 3 aliphatic rings. The van der Waals surface area contributed by atoms with Crippen molar-refractivity contribution in [1.29, 1.82) is 0 Å². The number of rotatable bonds is 7. The van der Waals surface area contributed by atoms with Crippen LogP contribution in [0.1, 0.15) is 33.6 Å². The summed E-state index contributed by atoms with van der Waals surface area (Å²) in [5, 5.41) is 12.6. The van der Waals surface area contributed by atoms with Crippen molar-refractivity contribution in [2.24, 2.45) is 17.8 Å². The third kappa shape index (κ3) is 3.23. The smallest absolute Gasteiger partial charge is 0.312 e. The maximum atomic E-state index is 13.6. The molecule has 2 N–H and O–H groups in total. The topological polar surface area (TPSA) is 105 Å². The SMILES string of the molecule is CCOC(=O)[C@H]1[C@H]2C(=O)N(CCCO)C(C(=O)Nc3ccccc3Cl)C23CC(C)[C@]1(C)O3. The number of likely N-dealkylation sites (tertiary alicyclic amines) is 1. The number of carbonyl (C=O) groups excluding carboxylic acids is 3. The van der Waals surface area contributed by atoms with Crippen molar-refractivity contribution in [3.05, 3.63) is 29.3 Å². The van der Waals surface area contributed by atoms with Crippen LogP contribution in [0.25, 0.3) is 0 Å². The van der Waals surface area contributed by atoms with Crippen molar-refractivity contribution in [2.75, 3.05) is 25.1 Å². The van der Waals surface area contributed by atoms with Gasteiger partial charge in [0, 0.05) is 13.2 Å². The van der Waals surface area contributed by atoms with Crippen molar-refractivity contribution >= 4 is 35.1 Å². The van der Waals surface area contributed by atoms with E-state index >= 15 is 0 Å². The second-order valence-electron chi connectivity index (χ2n) is 9.03. The number of ether oxygens (including phenoxy) is 2. The normalized spacial score (nSPS) is 35.2. The van der Waals surface area contributed by atoms with Gasteiger partial charge in [0.2, 0.25) is 11.8 Å². The highest BCUT2D eigenvalue weighted by Gasteiger charge is 2.80. The van der Waals surface area contributed by atoms with Gasteiger partial charge >= 0.3 is 5.97 Å². The quantitative estimate of drug-likeness (QED) is 0.599. The number of amides is 2. The summed E-state index contributed by atoms with van der Waals surface area (Å²) in [6.45, 7) is 5.77. The molecule has 6 atom stereocenters. The molecule has 3 heterocycles. The lowest BCUT2D eigenvalue weighted by atomic mass is 9.62. The lowest BCUT2D eigenvalue weighted by molar-refractivity contribution is -0.160. The minimum atomic E-state index is -1.15. The summed E-state index contributed by atoms with van der Waals surface area (Å²) in [4.78, 5) is 41.7. The van der Waals surface area contributed by atoms with E-state index in [1.807, 2.05) is 13.8 Å². The number of anilines is 1. The Balaban J connectivity index is 1.76. The highest BCUT2D eigenvalue weighted by atomic mass is 35.5. The van der Waals surface area contributed by atoms with Crippen LogP contribution in [-0.2, 0) is 23.9 Å². The zero-order chi connectivity index (χ0) is 23.3. The van der Waals surface area contributed by atoms with Gasteiger partial charge in [0.05, 0.1) is 28.8 Å². The summed E-state index contributed by atoms with van der Waals surface area (Å²) >= 11 is 6.24. The van der Waals surface area contributed by atoms with Gasteiger partial charge in [-0.2, -0.15) is 0 Å². The Bertz CT molecular complexity index is 941. The van der Waals surface area contributed by atoms with Crippen LogP contribution in [0.15, 0.2) is 24.3 Å². The molecule has 1 aromatic rings. The Hall–Kier alpha value is -2.16. The number of halogens is 1. The standard InChI is InChI=1S/C23H29ClN2O6/c1-4-31-21(30)17-16-20(29)26(10-7-11-27)18(23(16)12-13(2)22(17,3)32-23)19(28)25-15-9-6-5-8-14(15)24/h5-6,8-9,13,16-18,27H,4,7,10-12H2,1-3H3,(H,25,28)/t13?,16-,17+,18?,22-,23?/m0/s1. The van der Waals surface area contributed by atoms with Gasteiger partial charge in [0.15, 0.2) is 0 Å². The molecule has 3 aliphatic heterocycles. The molecule has 1 spiro atoms. The maximum Gasteiger partial charge on any atom is 0.312 e. The third-order valence-corrected chi connectivity index (χ3v) is 7.62. The number of carbonyl (C=O) groups is 3. The average molecular weight is 465 g/mol. The first kappa shape index (κ1) is 23.0. The van der Waals surface area contributed by atoms with Gasteiger partial charge in [0.1, 0.15) is 17.6 Å². The van der Waals surface area contributed by atoms with E-state index in [1.54, 1.807) is 31.2 Å². The first-order chi connectivity index (χ1) is 15.2. The third-order valence-electron chi connectivity index (χ3n) is 7.29. The Morgan fingerprint density at radius 3 is 2.75 bits per heavy atom. The molecule has 32 heavy (non-hydrogen) atoms. The summed E-state index contributed by atoms with van der Waals surface area (Å²) in [7, 11) is 0. The molecule has 2 amide bonds. The van der Waals surface area contributed by atoms with Crippen LogP contribution in [0.5, 0.6) is 0 Å². The minimum absolute atomic E-state index is 0.0608. The van der Waals surface area contributed by atoms with Crippen molar-refractivity contribution < 1.29 is 29.0 Å². The van der Waals surface area contributed by atoms with E-state index in [-0.39, 0.29) is 31.6 Å². The number of aliphatic hydroxyl groups is 1. The Kier molecular flexibility index (Phi) is 5.98. The fourth-order valence-corrected chi connectivity index (χ4v) is 6.06. The van der Waals surface area contributed by atoms with Crippen LogP contribution < -0.4 is 5.32 Å². The Labute approximate surface area is 192 Å². The van der Waals surface area contributed by atoms with E-state index in [0.717, 1.165) is 0 Å². The molecular weight excluding hydrogens is 436 g/mol. The summed E-state index contributed by atoms with van der Waals surface area (Å²) in [6.07, 6.45) is 0.771. The molecule has 3 unspecified atom stereocenters. The number of aliphatic hydroxyl groups excluding tert-OH is 1. The zero-order valence-corrected chi connectivity index (χ0v) is 19.2. The van der Waals surface area contributed by atoms with Crippen LogP contribution in [0, 0.1) is 17.8 Å². The van der Waals surface area contributed by atoms with Gasteiger partial charge < -0.3 is 24.8 Å². The molecule has 0 saturated carbocycles. The van der Waals surface area contributed by atoms with E-state index in [0.29, 0.717) is 23.6 Å². The van der Waals surface area contributed by atoms with Crippen molar-refractivity contribution in [3.8, 4) is 0 Å². The zero-order valence-electron chi connectivity index (χ0n) is 18.5. The number of fused-ring (bicyclic) bond motifs is 1. The summed E-state index contributed by atoms with van der Waals surface area (Å²) in [6, 6.07) is 5.91. The first-order valence-electron chi connectivity index (χ1n) is 11.0. The van der Waals surface area contributed by atoms with Gasteiger partial charge in [-0.15, -0.1) is 0 Å². The summed E-state index contributed by atoms with van der Waals surface area (Å²) in [5.74, 6) is -2.89. The fraction of sp³-hybridized carbons (Fsp3) is 0.609. The van der Waals surface area contributed by atoms with E-state index in [4.69, 9.17) is 21.1 Å². The first-order valence-corrected chi connectivity index (χ1v) is 11.4. The van der Waals surface area contributed by atoms with Crippen LogP contribution >= 0.6 is 11.6 Å². The van der Waals surface area contributed by atoms with Gasteiger partial charge in [-0.3, -0.25) is 14.4 Å². The van der Waals surface area contributed by atoms with E-state index in [2.05, 4.69) is 5.32 Å². The molecule has 0 aromatic heterocycles. The van der Waals surface area contributed by atoms with Crippen molar-refractivity contribution in [2.45, 2.75) is 50.9 Å². The highest BCUT2D eigenvalue weighted by Crippen LogP contribution is 2.65. The number of nitrogens with zero attached hydrogens (tertiary/aromatic N) is 1. The van der Waals surface area contributed by atoms with Gasteiger partial charge in [-0.05, 0) is 44.7 Å². The van der Waals surface area contributed by atoms with Gasteiger partial charge in [-0.25, -0.2) is 0 Å². The number of hydrogen-bond donors (Lipinski definition) is 2. The Morgan fingerprint density at radius 1 is 1.38 bits per heavy atom. The van der Waals surface area contributed by atoms with Crippen LogP contribution in [0.4, 0.5) is 5.69 Å². The molecule has 3 saturated heterocycles. The molecule has 3 fully saturated rings. The van der Waals surface area contributed by atoms with Crippen LogP contribution in [0.3, 0.4) is 0 Å². The lowest BCUT2D eigenvalue weighted by Gasteiger charge is -2.35. The number of esters is 1. The predicted octanol–water partition coefficient (Wildman–Crippen LogP) is 2.23. The van der Waals surface area contributed by atoms with Gasteiger partial charge in [-0.1, -0.05) is 30.7 Å². The van der Waals surface area contributed by atoms with E-state index in [9.17, 15) is 19.5 Å². The molecular formula is C23H29ClN2O6. The molecule has 4 rings (SSSR count). The Morgan fingerprint density at radius 2 is 2.09 bits per heavy atom. The molecule has 0 aliphatic carbocycles. The van der Waals surface area contributed by atoms with E-state index in [1.165, 1.54) is 4.90 Å². The fourth-order valence-electron chi connectivity index (χ4n) is 5.87. The van der Waals surface area contributed by atoms with Crippen molar-refractivity contribution in [1.82, 2.24) is 4.90 Å². The van der Waals surface area contributed by atoms with Crippen LogP contribution in [-0.4, -0.2) is 64.8 Å². The minimum Gasteiger partial charge on any atom is -0.466 e. The molecule has 9 heteroatoms. The number of nitrogens with one attached hydrogen (secondary N) is 1. The summed E-state index contributed by atoms with van der Waals surface area (Å²) < 4.78 is 11.8. The lowest BCUT2D eigenvalue weighted by Crippen LogP contribution is -2.54. The predicted molar refractivity (Wildman–Crippen MR) is 117 cm³/mol. The van der Waals surface area contributed by atoms with Gasteiger partial charge in [0.25, 0.3) is 0 Å². The molecule has 174 valence electrons. The monoisotopic (exact) mass is 464 g/mol. The summed E-state index contributed by atoms with van der Waals surface area (Å²) in [5.41, 5.74) is -1.62. The number of hydrogen-bond acceptors (Lipinski definition) is 6. The average Bonchev–Trinajstić information content (AvgIpc) is 3.25. The molecule has 8 nitrogen and oxygen atoms in total.